The van der Waals surface area contributed by atoms with Gasteiger partial charge in [-0.3, -0.25) is 4.79 Å². The minimum Gasteiger partial charge on any atom is -0.383 e. The van der Waals surface area contributed by atoms with Crippen molar-refractivity contribution in [3.63, 3.8) is 0 Å². The van der Waals surface area contributed by atoms with Gasteiger partial charge in [-0.15, -0.1) is 0 Å². The van der Waals surface area contributed by atoms with Gasteiger partial charge in [-0.25, -0.2) is 9.38 Å². The number of nitrogens with zero attached hydrogens (tertiary/aromatic N) is 2. The first-order valence-corrected chi connectivity index (χ1v) is 9.44. The van der Waals surface area contributed by atoms with Crippen LogP contribution < -0.4 is 16.4 Å². The molecule has 5 N–H and O–H groups in total. The molecule has 0 saturated heterocycles. The Balaban J connectivity index is 1.59. The summed E-state index contributed by atoms with van der Waals surface area (Å²) in [7, 11) is 1.94. The number of halogens is 1. The molecule has 1 aromatic heterocycles. The maximum Gasteiger partial charge on any atom is 0.257 e. The maximum atomic E-state index is 13.4. The highest BCUT2D eigenvalue weighted by atomic mass is 19.1. The standard InChI is InChI=1S/C22H22FN5O2/c1-12-8-15(27-22(30)19(29)13-4-3-5-14(23)9-13)6-7-16(12)17-10-28(2)21-18(17)20(24)25-11-26-21/h3-10,19,26,29H,11H2,1-2H3,(H2,24,25)(H,27,30). The second kappa shape index (κ2) is 7.64. The third kappa shape index (κ3) is 3.53. The van der Waals surface area contributed by atoms with Crippen LogP contribution in [-0.2, 0) is 11.8 Å². The van der Waals surface area contributed by atoms with Crippen LogP contribution >= 0.6 is 0 Å². The third-order valence-corrected chi connectivity index (χ3v) is 5.13. The van der Waals surface area contributed by atoms with Crippen molar-refractivity contribution in [1.82, 2.24) is 4.57 Å². The number of amidine groups is 1. The van der Waals surface area contributed by atoms with Crippen LogP contribution in [0.15, 0.2) is 53.7 Å². The van der Waals surface area contributed by atoms with E-state index < -0.39 is 17.8 Å². The molecule has 1 unspecified atom stereocenters. The van der Waals surface area contributed by atoms with Crippen LogP contribution in [0.5, 0.6) is 0 Å². The Morgan fingerprint density at radius 2 is 2.10 bits per heavy atom. The van der Waals surface area contributed by atoms with Gasteiger partial charge < -0.3 is 26.0 Å². The van der Waals surface area contributed by atoms with Crippen LogP contribution in [0.2, 0.25) is 0 Å². The van der Waals surface area contributed by atoms with Crippen molar-refractivity contribution in [1.29, 1.82) is 0 Å². The van der Waals surface area contributed by atoms with Gasteiger partial charge in [0.1, 0.15) is 24.1 Å². The highest BCUT2D eigenvalue weighted by molar-refractivity contribution is 6.09. The van der Waals surface area contributed by atoms with Gasteiger partial charge in [0.25, 0.3) is 5.91 Å². The molecular formula is C22H22FN5O2. The fraction of sp³-hybridized carbons (Fsp3) is 0.182. The largest absolute Gasteiger partial charge is 0.383 e. The number of fused-ring (bicyclic) bond motifs is 1. The number of carbonyl (C=O) groups is 1. The van der Waals surface area contributed by atoms with Crippen molar-refractivity contribution in [3.8, 4) is 11.1 Å². The fourth-order valence-corrected chi connectivity index (χ4v) is 3.66. The van der Waals surface area contributed by atoms with E-state index in [1.165, 1.54) is 18.2 Å². The third-order valence-electron chi connectivity index (χ3n) is 5.13. The van der Waals surface area contributed by atoms with Crippen LogP contribution in [0, 0.1) is 12.7 Å². The van der Waals surface area contributed by atoms with Gasteiger partial charge in [0.15, 0.2) is 6.10 Å². The van der Waals surface area contributed by atoms with Gasteiger partial charge in [0, 0.05) is 24.5 Å². The van der Waals surface area contributed by atoms with Crippen LogP contribution in [0.25, 0.3) is 11.1 Å². The van der Waals surface area contributed by atoms with Crippen LogP contribution in [0.3, 0.4) is 0 Å². The van der Waals surface area contributed by atoms with Crippen molar-refractivity contribution in [2.24, 2.45) is 17.8 Å². The molecule has 154 valence electrons. The topological polar surface area (TPSA) is 105 Å². The number of aliphatic hydroxyl groups excluding tert-OH is 1. The van der Waals surface area contributed by atoms with E-state index in [9.17, 15) is 14.3 Å². The van der Waals surface area contributed by atoms with E-state index in [1.54, 1.807) is 6.07 Å². The Morgan fingerprint density at radius 1 is 1.30 bits per heavy atom. The van der Waals surface area contributed by atoms with E-state index in [4.69, 9.17) is 5.73 Å². The first-order chi connectivity index (χ1) is 14.3. The molecule has 1 amide bonds. The van der Waals surface area contributed by atoms with Crippen LogP contribution in [0.4, 0.5) is 15.9 Å². The summed E-state index contributed by atoms with van der Waals surface area (Å²) in [5.74, 6) is 0.246. The average molecular weight is 407 g/mol. The monoisotopic (exact) mass is 407 g/mol. The van der Waals surface area contributed by atoms with Gasteiger partial charge >= 0.3 is 0 Å². The quantitative estimate of drug-likeness (QED) is 0.534. The Labute approximate surface area is 173 Å². The van der Waals surface area contributed by atoms with Gasteiger partial charge in [-0.05, 0) is 47.9 Å². The van der Waals surface area contributed by atoms with E-state index in [2.05, 4.69) is 15.6 Å². The highest BCUT2D eigenvalue weighted by Crippen LogP contribution is 2.35. The summed E-state index contributed by atoms with van der Waals surface area (Å²) in [6, 6.07) is 10.8. The predicted molar refractivity (Wildman–Crippen MR) is 115 cm³/mol. The number of anilines is 2. The summed E-state index contributed by atoms with van der Waals surface area (Å²) in [5, 5.41) is 16.1. The number of hydrogen-bond donors (Lipinski definition) is 4. The Hall–Kier alpha value is -3.65. The number of aromatic nitrogens is 1. The summed E-state index contributed by atoms with van der Waals surface area (Å²) in [5.41, 5.74) is 10.5. The number of nitrogens with one attached hydrogen (secondary N) is 2. The number of amides is 1. The van der Waals surface area contributed by atoms with E-state index in [-0.39, 0.29) is 5.56 Å². The lowest BCUT2D eigenvalue weighted by Crippen LogP contribution is -2.23. The zero-order valence-electron chi connectivity index (χ0n) is 16.6. The second-order valence-corrected chi connectivity index (χ2v) is 7.23. The predicted octanol–water partition coefficient (Wildman–Crippen LogP) is 2.90. The molecule has 7 nitrogen and oxygen atoms in total. The van der Waals surface area contributed by atoms with Gasteiger partial charge in [0.2, 0.25) is 0 Å². The molecule has 0 bridgehead atoms. The first kappa shape index (κ1) is 19.7. The minimum absolute atomic E-state index is 0.194. The molecule has 0 aliphatic carbocycles. The van der Waals surface area contributed by atoms with E-state index in [1.807, 2.05) is 36.9 Å². The fourth-order valence-electron chi connectivity index (χ4n) is 3.66. The number of aliphatic imine (C=N–C) groups is 1. The Bertz CT molecular complexity index is 1170. The number of carbonyl (C=O) groups excluding carboxylic acids is 1. The zero-order valence-corrected chi connectivity index (χ0v) is 16.6. The van der Waals surface area contributed by atoms with Crippen LogP contribution in [-0.4, -0.2) is 28.1 Å². The molecule has 1 atom stereocenters. The summed E-state index contributed by atoms with van der Waals surface area (Å²) in [6.45, 7) is 2.37. The minimum atomic E-state index is -1.47. The van der Waals surface area contributed by atoms with Crippen molar-refractivity contribution >= 4 is 23.2 Å². The second-order valence-electron chi connectivity index (χ2n) is 7.23. The summed E-state index contributed by atoms with van der Waals surface area (Å²) < 4.78 is 15.3. The van der Waals surface area contributed by atoms with Crippen molar-refractivity contribution in [3.05, 3.63) is 71.2 Å². The molecule has 2 aromatic carbocycles. The van der Waals surface area contributed by atoms with Crippen molar-refractivity contribution < 1.29 is 14.3 Å². The molecule has 30 heavy (non-hydrogen) atoms. The number of aliphatic hydroxyl groups is 1. The van der Waals surface area contributed by atoms with E-state index >= 15 is 0 Å². The number of rotatable bonds is 4. The molecule has 3 aromatic rings. The van der Waals surface area contributed by atoms with E-state index in [0.717, 1.165) is 34.1 Å². The summed E-state index contributed by atoms with van der Waals surface area (Å²) in [4.78, 5) is 16.7. The molecule has 0 saturated carbocycles. The molecule has 4 rings (SSSR count). The highest BCUT2D eigenvalue weighted by Gasteiger charge is 2.23. The maximum absolute atomic E-state index is 13.4. The molecule has 2 heterocycles. The van der Waals surface area contributed by atoms with Gasteiger partial charge in [-0.2, -0.15) is 0 Å². The SMILES string of the molecule is Cc1cc(NC(=O)C(O)c2cccc(F)c2)ccc1-c1cn(C)c2c1C(N)=NCN2. The lowest BCUT2D eigenvalue weighted by molar-refractivity contribution is -0.124. The first-order valence-electron chi connectivity index (χ1n) is 9.44. The normalized spacial score (nSPS) is 13.8. The van der Waals surface area contributed by atoms with E-state index in [0.29, 0.717) is 18.2 Å². The number of nitrogens with two attached hydrogens (primary N) is 1. The summed E-state index contributed by atoms with van der Waals surface area (Å²) in [6.07, 6.45) is 0.517. The lowest BCUT2D eigenvalue weighted by atomic mass is 9.98. The molecule has 8 heteroatoms. The Kier molecular flexibility index (Phi) is 5.01. The Morgan fingerprint density at radius 3 is 2.83 bits per heavy atom. The number of aryl methyl sites for hydroxylation is 2. The molecular weight excluding hydrogens is 385 g/mol. The van der Waals surface area contributed by atoms with Crippen LogP contribution in [0.1, 0.15) is 22.8 Å². The average Bonchev–Trinajstić information content (AvgIpc) is 3.05. The molecule has 1 aliphatic heterocycles. The molecule has 0 fully saturated rings. The summed E-state index contributed by atoms with van der Waals surface area (Å²) >= 11 is 0. The number of benzene rings is 2. The lowest BCUT2D eigenvalue weighted by Gasteiger charge is -2.16. The number of hydrogen-bond acceptors (Lipinski definition) is 5. The smallest absolute Gasteiger partial charge is 0.257 e. The van der Waals surface area contributed by atoms with Crippen molar-refractivity contribution in [2.75, 3.05) is 17.3 Å². The van der Waals surface area contributed by atoms with Crippen molar-refractivity contribution in [2.45, 2.75) is 13.0 Å². The molecule has 0 radical (unpaired) electrons. The van der Waals surface area contributed by atoms with Gasteiger partial charge in [0.05, 0.1) is 5.56 Å². The zero-order chi connectivity index (χ0) is 21.4. The molecule has 1 aliphatic rings. The van der Waals surface area contributed by atoms with Gasteiger partial charge in [-0.1, -0.05) is 18.2 Å². The molecule has 0 spiro atoms.